The second kappa shape index (κ2) is 7.74. The van der Waals surface area contributed by atoms with Crippen LogP contribution < -0.4 is 10.5 Å². The molecule has 2 N–H and O–H groups in total. The zero-order chi connectivity index (χ0) is 13.3. The molecular formula is C16H19NOS. The molecule has 2 nitrogen and oxygen atoms in total. The maximum absolute atomic E-state index is 5.64. The summed E-state index contributed by atoms with van der Waals surface area (Å²) in [5.74, 6) is 3.08. The second-order valence-corrected chi connectivity index (χ2v) is 5.41. The van der Waals surface area contributed by atoms with Crippen LogP contribution in [0.25, 0.3) is 0 Å². The topological polar surface area (TPSA) is 35.2 Å². The van der Waals surface area contributed by atoms with Crippen molar-refractivity contribution >= 4 is 17.4 Å². The number of benzene rings is 2. The molecule has 0 fully saturated rings. The Morgan fingerprint density at radius 2 is 1.68 bits per heavy atom. The molecular weight excluding hydrogens is 254 g/mol. The summed E-state index contributed by atoms with van der Waals surface area (Å²) < 4.78 is 5.64. The third-order valence-corrected chi connectivity index (χ3v) is 3.81. The van der Waals surface area contributed by atoms with Crippen molar-refractivity contribution in [2.45, 2.75) is 12.2 Å². The summed E-state index contributed by atoms with van der Waals surface area (Å²) in [5.41, 5.74) is 7.77. The van der Waals surface area contributed by atoms with Gasteiger partial charge in [0.1, 0.15) is 5.75 Å². The fourth-order valence-electron chi connectivity index (χ4n) is 1.68. The molecule has 0 aliphatic heterocycles. The maximum atomic E-state index is 5.64. The molecule has 0 aliphatic carbocycles. The lowest BCUT2D eigenvalue weighted by molar-refractivity contribution is 0.319. The third-order valence-electron chi connectivity index (χ3n) is 2.69. The van der Waals surface area contributed by atoms with Gasteiger partial charge in [-0.3, -0.25) is 0 Å². The number of anilines is 1. The highest BCUT2D eigenvalue weighted by atomic mass is 32.2. The molecule has 0 saturated carbocycles. The van der Waals surface area contributed by atoms with Crippen molar-refractivity contribution in [3.8, 4) is 5.75 Å². The molecule has 0 saturated heterocycles. The Labute approximate surface area is 119 Å². The quantitative estimate of drug-likeness (QED) is 0.612. The Balaban J connectivity index is 1.56. The van der Waals surface area contributed by atoms with E-state index in [2.05, 4.69) is 30.3 Å². The van der Waals surface area contributed by atoms with Gasteiger partial charge in [-0.1, -0.05) is 30.3 Å². The van der Waals surface area contributed by atoms with Gasteiger partial charge in [0.2, 0.25) is 0 Å². The Bertz CT molecular complexity index is 470. The average molecular weight is 273 g/mol. The molecule has 0 atom stereocenters. The van der Waals surface area contributed by atoms with Crippen molar-refractivity contribution in [3.05, 3.63) is 60.2 Å². The zero-order valence-corrected chi connectivity index (χ0v) is 11.7. The van der Waals surface area contributed by atoms with Gasteiger partial charge in [0.25, 0.3) is 0 Å². The lowest BCUT2D eigenvalue weighted by atomic mass is 10.2. The summed E-state index contributed by atoms with van der Waals surface area (Å²) in [6, 6.07) is 18.1. The van der Waals surface area contributed by atoms with E-state index in [1.165, 1.54) is 5.56 Å². The molecule has 0 unspecified atom stereocenters. The van der Waals surface area contributed by atoms with Crippen LogP contribution in [0, 0.1) is 0 Å². The first-order valence-corrected chi connectivity index (χ1v) is 7.60. The highest BCUT2D eigenvalue weighted by molar-refractivity contribution is 7.98. The molecule has 2 rings (SSSR count). The van der Waals surface area contributed by atoms with Crippen molar-refractivity contribution in [1.82, 2.24) is 0 Å². The summed E-state index contributed by atoms with van der Waals surface area (Å²) in [7, 11) is 0. The number of thioether (sulfide) groups is 1. The van der Waals surface area contributed by atoms with Gasteiger partial charge >= 0.3 is 0 Å². The monoisotopic (exact) mass is 273 g/mol. The first kappa shape index (κ1) is 13.8. The van der Waals surface area contributed by atoms with Crippen LogP contribution in [0.4, 0.5) is 5.69 Å². The molecule has 0 heterocycles. The van der Waals surface area contributed by atoms with Gasteiger partial charge in [-0.15, -0.1) is 0 Å². The SMILES string of the molecule is Nc1ccc(OCCCSCc2ccccc2)cc1. The van der Waals surface area contributed by atoms with E-state index in [1.807, 2.05) is 36.0 Å². The number of nitrogens with two attached hydrogens (primary N) is 1. The zero-order valence-electron chi connectivity index (χ0n) is 10.9. The number of nitrogen functional groups attached to an aromatic ring is 1. The first-order valence-electron chi connectivity index (χ1n) is 6.44. The summed E-state index contributed by atoms with van der Waals surface area (Å²) in [6.45, 7) is 0.756. The molecule has 0 bridgehead atoms. The lowest BCUT2D eigenvalue weighted by Crippen LogP contribution is -1.99. The normalized spacial score (nSPS) is 10.3. The molecule has 19 heavy (non-hydrogen) atoms. The van der Waals surface area contributed by atoms with Crippen molar-refractivity contribution in [2.75, 3.05) is 18.1 Å². The summed E-state index contributed by atoms with van der Waals surface area (Å²) in [6.07, 6.45) is 1.06. The van der Waals surface area contributed by atoms with Gasteiger partial charge in [0.15, 0.2) is 0 Å². The van der Waals surface area contributed by atoms with Crippen LogP contribution in [0.15, 0.2) is 54.6 Å². The van der Waals surface area contributed by atoms with Crippen molar-refractivity contribution in [2.24, 2.45) is 0 Å². The molecule has 0 aromatic heterocycles. The largest absolute Gasteiger partial charge is 0.494 e. The Kier molecular flexibility index (Phi) is 5.63. The number of hydrogen-bond donors (Lipinski definition) is 1. The van der Waals surface area contributed by atoms with E-state index in [0.29, 0.717) is 0 Å². The van der Waals surface area contributed by atoms with Crippen molar-refractivity contribution in [1.29, 1.82) is 0 Å². The van der Waals surface area contributed by atoms with Gasteiger partial charge < -0.3 is 10.5 Å². The molecule has 100 valence electrons. The minimum atomic E-state index is 0.756. The smallest absolute Gasteiger partial charge is 0.119 e. The molecule has 2 aromatic carbocycles. The van der Waals surface area contributed by atoms with Crippen LogP contribution in [-0.4, -0.2) is 12.4 Å². The first-order chi connectivity index (χ1) is 9.34. The van der Waals surface area contributed by atoms with Crippen LogP contribution in [0.1, 0.15) is 12.0 Å². The van der Waals surface area contributed by atoms with Crippen LogP contribution >= 0.6 is 11.8 Å². The van der Waals surface area contributed by atoms with Crippen LogP contribution in [0.2, 0.25) is 0 Å². The van der Waals surface area contributed by atoms with Gasteiger partial charge in [-0.2, -0.15) is 11.8 Å². The number of rotatable bonds is 7. The predicted octanol–water partition coefficient (Wildman–Crippen LogP) is 3.97. The summed E-state index contributed by atoms with van der Waals surface area (Å²) in [4.78, 5) is 0. The van der Waals surface area contributed by atoms with Crippen LogP contribution in [0.5, 0.6) is 5.75 Å². The van der Waals surface area contributed by atoms with Crippen LogP contribution in [-0.2, 0) is 5.75 Å². The molecule has 0 amide bonds. The predicted molar refractivity (Wildman–Crippen MR) is 83.6 cm³/mol. The van der Waals surface area contributed by atoms with E-state index < -0.39 is 0 Å². The minimum Gasteiger partial charge on any atom is -0.494 e. The highest BCUT2D eigenvalue weighted by Gasteiger charge is 1.95. The molecule has 2 aromatic rings. The van der Waals surface area contributed by atoms with Gasteiger partial charge in [-0.05, 0) is 42.0 Å². The Morgan fingerprint density at radius 1 is 0.947 bits per heavy atom. The van der Waals surface area contributed by atoms with Crippen molar-refractivity contribution < 1.29 is 4.74 Å². The van der Waals surface area contributed by atoms with Gasteiger partial charge in [0.05, 0.1) is 6.61 Å². The Morgan fingerprint density at radius 3 is 2.42 bits per heavy atom. The third kappa shape index (κ3) is 5.26. The number of ether oxygens (including phenoxy) is 1. The van der Waals surface area contributed by atoms with E-state index in [1.54, 1.807) is 0 Å². The van der Waals surface area contributed by atoms with Gasteiger partial charge in [-0.25, -0.2) is 0 Å². The fraction of sp³-hybridized carbons (Fsp3) is 0.250. The second-order valence-electron chi connectivity index (χ2n) is 4.31. The minimum absolute atomic E-state index is 0.756. The molecule has 0 radical (unpaired) electrons. The number of hydrogen-bond acceptors (Lipinski definition) is 3. The van der Waals surface area contributed by atoms with Gasteiger partial charge in [0, 0.05) is 11.4 Å². The average Bonchev–Trinajstić information content (AvgIpc) is 2.46. The Hall–Kier alpha value is -1.61. The van der Waals surface area contributed by atoms with Crippen LogP contribution in [0.3, 0.4) is 0 Å². The maximum Gasteiger partial charge on any atom is 0.119 e. The fourth-order valence-corrected chi connectivity index (χ4v) is 2.57. The van der Waals surface area contributed by atoms with E-state index >= 15 is 0 Å². The van der Waals surface area contributed by atoms with Crippen molar-refractivity contribution in [3.63, 3.8) is 0 Å². The highest BCUT2D eigenvalue weighted by Crippen LogP contribution is 2.15. The van der Waals surface area contributed by atoms with E-state index in [9.17, 15) is 0 Å². The van der Waals surface area contributed by atoms with E-state index in [4.69, 9.17) is 10.5 Å². The standard InChI is InChI=1S/C16H19NOS/c17-15-7-9-16(10-8-15)18-11-4-12-19-13-14-5-2-1-3-6-14/h1-3,5-10H,4,11-13,17H2. The van der Waals surface area contributed by atoms with E-state index in [-0.39, 0.29) is 0 Å². The summed E-state index contributed by atoms with van der Waals surface area (Å²) in [5, 5.41) is 0. The van der Waals surface area contributed by atoms with E-state index in [0.717, 1.165) is 36.0 Å². The molecule has 3 heteroatoms. The molecule has 0 spiro atoms. The molecule has 0 aliphatic rings. The summed E-state index contributed by atoms with van der Waals surface area (Å²) >= 11 is 1.94. The lowest BCUT2D eigenvalue weighted by Gasteiger charge is -2.06.